The highest BCUT2D eigenvalue weighted by Crippen LogP contribution is 2.10. The molecule has 108 valence electrons. The molecule has 0 aliphatic rings. The van der Waals surface area contributed by atoms with Gasteiger partial charge in [0.25, 0.3) is 5.56 Å². The third-order valence-electron chi connectivity index (χ3n) is 2.92. The van der Waals surface area contributed by atoms with Gasteiger partial charge in [0.2, 0.25) is 0 Å². The molecule has 0 saturated carbocycles. The smallest absolute Gasteiger partial charge is 0.333 e. The van der Waals surface area contributed by atoms with Crippen LogP contribution in [-0.2, 0) is 13.1 Å². The largest absolute Gasteiger partial charge is 0.467 e. The standard InChI is InChI=1S/C12H16N4O3S/c1-20-6-4-15-11(17)9(13)10(14)16(12(15)18)7-8-3-2-5-19-8/h2-3,5H,4,6-7,13-14H2,1H3. The average Bonchev–Trinajstić information content (AvgIpc) is 2.94. The zero-order valence-corrected chi connectivity index (χ0v) is 11.9. The fraction of sp³-hybridized carbons (Fsp3) is 0.333. The predicted octanol–water partition coefficient (Wildman–Crippen LogP) is 0.179. The van der Waals surface area contributed by atoms with Crippen LogP contribution >= 0.6 is 11.8 Å². The molecule has 0 atom stereocenters. The van der Waals surface area contributed by atoms with Crippen LogP contribution in [0.5, 0.6) is 0 Å². The Labute approximate surface area is 119 Å². The molecule has 2 heterocycles. The summed E-state index contributed by atoms with van der Waals surface area (Å²) in [6.07, 6.45) is 3.40. The van der Waals surface area contributed by atoms with Crippen molar-refractivity contribution in [3.05, 3.63) is 45.0 Å². The lowest BCUT2D eigenvalue weighted by Crippen LogP contribution is -2.42. The van der Waals surface area contributed by atoms with E-state index >= 15 is 0 Å². The van der Waals surface area contributed by atoms with Gasteiger partial charge < -0.3 is 15.9 Å². The topological polar surface area (TPSA) is 109 Å². The Hall–Kier alpha value is -2.09. The summed E-state index contributed by atoms with van der Waals surface area (Å²) in [4.78, 5) is 24.3. The van der Waals surface area contributed by atoms with E-state index in [1.54, 1.807) is 12.1 Å². The van der Waals surface area contributed by atoms with Crippen LogP contribution in [0.4, 0.5) is 11.5 Å². The van der Waals surface area contributed by atoms with Crippen molar-refractivity contribution in [3.8, 4) is 0 Å². The molecular formula is C12H16N4O3S. The summed E-state index contributed by atoms with van der Waals surface area (Å²) in [6.45, 7) is 0.433. The van der Waals surface area contributed by atoms with E-state index in [1.807, 2.05) is 6.26 Å². The molecule has 0 aromatic carbocycles. The summed E-state index contributed by atoms with van der Waals surface area (Å²) in [5.41, 5.74) is 10.3. The first-order valence-electron chi connectivity index (χ1n) is 5.96. The second kappa shape index (κ2) is 5.91. The van der Waals surface area contributed by atoms with E-state index in [1.165, 1.54) is 22.6 Å². The number of furan rings is 1. The van der Waals surface area contributed by atoms with E-state index in [9.17, 15) is 9.59 Å². The molecule has 0 spiro atoms. The van der Waals surface area contributed by atoms with Gasteiger partial charge in [0.05, 0.1) is 12.8 Å². The van der Waals surface area contributed by atoms with Crippen molar-refractivity contribution >= 4 is 23.3 Å². The Kier molecular flexibility index (Phi) is 4.23. The predicted molar refractivity (Wildman–Crippen MR) is 80.0 cm³/mol. The maximum absolute atomic E-state index is 12.3. The molecule has 20 heavy (non-hydrogen) atoms. The van der Waals surface area contributed by atoms with Crippen LogP contribution in [-0.4, -0.2) is 21.1 Å². The number of hydrogen-bond acceptors (Lipinski definition) is 6. The van der Waals surface area contributed by atoms with Crippen LogP contribution in [0.2, 0.25) is 0 Å². The van der Waals surface area contributed by atoms with E-state index in [-0.39, 0.29) is 18.1 Å². The van der Waals surface area contributed by atoms with E-state index in [2.05, 4.69) is 0 Å². The molecule has 0 bridgehead atoms. The van der Waals surface area contributed by atoms with E-state index in [0.717, 1.165) is 4.57 Å². The van der Waals surface area contributed by atoms with Gasteiger partial charge in [-0.15, -0.1) is 0 Å². The third kappa shape index (κ3) is 2.60. The van der Waals surface area contributed by atoms with Crippen LogP contribution in [0.1, 0.15) is 5.76 Å². The van der Waals surface area contributed by atoms with Crippen LogP contribution in [0, 0.1) is 0 Å². The number of nitrogen functional groups attached to an aromatic ring is 2. The number of aromatic nitrogens is 2. The molecule has 7 nitrogen and oxygen atoms in total. The van der Waals surface area contributed by atoms with Crippen LogP contribution in [0.25, 0.3) is 0 Å². The Balaban J connectivity index is 2.53. The highest BCUT2D eigenvalue weighted by atomic mass is 32.2. The molecule has 0 aliphatic heterocycles. The Morgan fingerprint density at radius 1 is 1.30 bits per heavy atom. The Morgan fingerprint density at radius 3 is 2.65 bits per heavy atom. The number of anilines is 2. The Bertz CT molecular complexity index is 703. The summed E-state index contributed by atoms with van der Waals surface area (Å²) >= 11 is 1.54. The van der Waals surface area contributed by atoms with E-state index in [4.69, 9.17) is 15.9 Å². The van der Waals surface area contributed by atoms with Gasteiger partial charge in [0, 0.05) is 12.3 Å². The molecule has 2 rings (SSSR count). The second-order valence-corrected chi connectivity index (χ2v) is 5.18. The monoisotopic (exact) mass is 296 g/mol. The van der Waals surface area contributed by atoms with Crippen molar-refractivity contribution in [3.63, 3.8) is 0 Å². The van der Waals surface area contributed by atoms with Crippen molar-refractivity contribution in [2.75, 3.05) is 23.5 Å². The number of hydrogen-bond donors (Lipinski definition) is 2. The normalized spacial score (nSPS) is 10.8. The second-order valence-electron chi connectivity index (χ2n) is 4.20. The SMILES string of the molecule is CSCCn1c(=O)c(N)c(N)n(Cc2ccco2)c1=O. The van der Waals surface area contributed by atoms with Gasteiger partial charge in [-0.2, -0.15) is 11.8 Å². The summed E-state index contributed by atoms with van der Waals surface area (Å²) in [7, 11) is 0. The van der Waals surface area contributed by atoms with E-state index in [0.29, 0.717) is 18.1 Å². The quantitative estimate of drug-likeness (QED) is 0.814. The molecule has 2 aromatic heterocycles. The van der Waals surface area contributed by atoms with Gasteiger partial charge in [0.15, 0.2) is 0 Å². The van der Waals surface area contributed by atoms with Gasteiger partial charge in [-0.3, -0.25) is 13.9 Å². The molecular weight excluding hydrogens is 280 g/mol. The number of thioether (sulfide) groups is 1. The molecule has 2 aromatic rings. The average molecular weight is 296 g/mol. The molecule has 8 heteroatoms. The van der Waals surface area contributed by atoms with E-state index < -0.39 is 11.2 Å². The zero-order chi connectivity index (χ0) is 14.7. The van der Waals surface area contributed by atoms with Crippen molar-refractivity contribution in [2.24, 2.45) is 0 Å². The molecule has 0 amide bonds. The van der Waals surface area contributed by atoms with Gasteiger partial charge >= 0.3 is 5.69 Å². The maximum Gasteiger partial charge on any atom is 0.333 e. The van der Waals surface area contributed by atoms with Crippen molar-refractivity contribution in [2.45, 2.75) is 13.1 Å². The van der Waals surface area contributed by atoms with Gasteiger partial charge in [-0.05, 0) is 18.4 Å². The summed E-state index contributed by atoms with van der Waals surface area (Å²) in [6, 6.07) is 3.43. The number of nitrogens with zero attached hydrogens (tertiary/aromatic N) is 2. The van der Waals surface area contributed by atoms with Crippen molar-refractivity contribution in [1.82, 2.24) is 9.13 Å². The Morgan fingerprint density at radius 2 is 2.05 bits per heavy atom. The summed E-state index contributed by atoms with van der Waals surface area (Å²) < 4.78 is 7.54. The van der Waals surface area contributed by atoms with Crippen molar-refractivity contribution in [1.29, 1.82) is 0 Å². The minimum absolute atomic E-state index is 0.0307. The van der Waals surface area contributed by atoms with Crippen LogP contribution in [0.15, 0.2) is 32.4 Å². The van der Waals surface area contributed by atoms with Crippen LogP contribution in [0.3, 0.4) is 0 Å². The van der Waals surface area contributed by atoms with Gasteiger partial charge in [-0.25, -0.2) is 4.79 Å². The molecule has 0 fully saturated rings. The molecule has 4 N–H and O–H groups in total. The fourth-order valence-electron chi connectivity index (χ4n) is 1.83. The summed E-state index contributed by atoms with van der Waals surface area (Å²) in [5.74, 6) is 1.17. The molecule has 0 saturated heterocycles. The minimum Gasteiger partial charge on any atom is -0.467 e. The third-order valence-corrected chi connectivity index (χ3v) is 3.51. The van der Waals surface area contributed by atoms with Gasteiger partial charge in [0.1, 0.15) is 17.3 Å². The van der Waals surface area contributed by atoms with Gasteiger partial charge in [-0.1, -0.05) is 0 Å². The first-order chi connectivity index (χ1) is 9.56. The van der Waals surface area contributed by atoms with Crippen LogP contribution < -0.4 is 22.7 Å². The summed E-state index contributed by atoms with van der Waals surface area (Å²) in [5, 5.41) is 0. The lowest BCUT2D eigenvalue weighted by molar-refractivity contribution is 0.481. The molecule has 0 aliphatic carbocycles. The first-order valence-corrected chi connectivity index (χ1v) is 7.35. The van der Waals surface area contributed by atoms with Crippen molar-refractivity contribution < 1.29 is 4.42 Å². The highest BCUT2D eigenvalue weighted by Gasteiger charge is 2.15. The number of rotatable bonds is 5. The number of nitrogens with two attached hydrogens (primary N) is 2. The zero-order valence-electron chi connectivity index (χ0n) is 11.0. The highest BCUT2D eigenvalue weighted by molar-refractivity contribution is 7.98. The molecule has 0 unspecified atom stereocenters. The fourth-order valence-corrected chi connectivity index (χ4v) is 2.19. The lowest BCUT2D eigenvalue weighted by Gasteiger charge is -2.13. The minimum atomic E-state index is -0.544. The lowest BCUT2D eigenvalue weighted by atomic mass is 10.4. The molecule has 0 radical (unpaired) electrons. The maximum atomic E-state index is 12.3. The first kappa shape index (κ1) is 14.3.